The van der Waals surface area contributed by atoms with Crippen molar-refractivity contribution in [3.05, 3.63) is 53.9 Å². The van der Waals surface area contributed by atoms with Crippen LogP contribution < -0.4 is 0 Å². The number of carboxylic acids is 1. The molecule has 1 heterocycles. The zero-order chi connectivity index (χ0) is 14.8. The summed E-state index contributed by atoms with van der Waals surface area (Å²) in [6, 6.07) is 6.39. The largest absolute Gasteiger partial charge is 0.481 e. The molecular formula is C14H10F3NO2. The second kappa shape index (κ2) is 5.32. The van der Waals surface area contributed by atoms with Crippen LogP contribution in [0.5, 0.6) is 0 Å². The van der Waals surface area contributed by atoms with E-state index in [0.717, 1.165) is 12.1 Å². The Morgan fingerprint density at radius 1 is 1.25 bits per heavy atom. The van der Waals surface area contributed by atoms with Gasteiger partial charge in [-0.25, -0.2) is 0 Å². The molecule has 0 unspecified atom stereocenters. The number of carboxylic acid groups (broad SMARTS) is 1. The van der Waals surface area contributed by atoms with Gasteiger partial charge in [-0.05, 0) is 29.3 Å². The zero-order valence-corrected chi connectivity index (χ0v) is 10.2. The molecule has 0 saturated carbocycles. The third-order valence-corrected chi connectivity index (χ3v) is 2.75. The van der Waals surface area contributed by atoms with Gasteiger partial charge >= 0.3 is 12.1 Å². The number of pyridine rings is 1. The Morgan fingerprint density at radius 2 is 2.00 bits per heavy atom. The van der Waals surface area contributed by atoms with Gasteiger partial charge in [0, 0.05) is 18.0 Å². The van der Waals surface area contributed by atoms with Crippen molar-refractivity contribution in [2.24, 2.45) is 0 Å². The zero-order valence-electron chi connectivity index (χ0n) is 10.2. The summed E-state index contributed by atoms with van der Waals surface area (Å²) in [5.74, 6) is -1.19. The van der Waals surface area contributed by atoms with Crippen LogP contribution in [0.4, 0.5) is 13.2 Å². The molecule has 0 aliphatic heterocycles. The van der Waals surface area contributed by atoms with Gasteiger partial charge in [-0.2, -0.15) is 13.2 Å². The van der Waals surface area contributed by atoms with Crippen molar-refractivity contribution in [2.45, 2.75) is 12.6 Å². The lowest BCUT2D eigenvalue weighted by molar-refractivity contribution is -0.138. The monoisotopic (exact) mass is 281 g/mol. The average Bonchev–Trinajstić information content (AvgIpc) is 2.38. The minimum Gasteiger partial charge on any atom is -0.481 e. The molecule has 1 N–H and O–H groups in total. The fourth-order valence-electron chi connectivity index (χ4n) is 1.88. The maximum Gasteiger partial charge on any atom is 0.416 e. The van der Waals surface area contributed by atoms with Gasteiger partial charge < -0.3 is 5.11 Å². The summed E-state index contributed by atoms with van der Waals surface area (Å²) in [6.45, 7) is 0. The number of nitrogens with zero attached hydrogens (tertiary/aromatic N) is 1. The first-order valence-corrected chi connectivity index (χ1v) is 5.70. The third-order valence-electron chi connectivity index (χ3n) is 2.75. The highest BCUT2D eigenvalue weighted by molar-refractivity contribution is 5.76. The number of aliphatic carboxylic acids is 1. The van der Waals surface area contributed by atoms with E-state index >= 15 is 0 Å². The number of halogens is 3. The Labute approximate surface area is 112 Å². The number of aromatic nitrogens is 1. The minimum atomic E-state index is -4.50. The molecule has 0 spiro atoms. The van der Waals surface area contributed by atoms with Gasteiger partial charge in [-0.3, -0.25) is 9.78 Å². The van der Waals surface area contributed by atoms with Gasteiger partial charge in [0.1, 0.15) is 0 Å². The van der Waals surface area contributed by atoms with Crippen LogP contribution >= 0.6 is 0 Å². The van der Waals surface area contributed by atoms with Gasteiger partial charge in [0.25, 0.3) is 0 Å². The lowest BCUT2D eigenvalue weighted by atomic mass is 9.96. The van der Waals surface area contributed by atoms with Crippen molar-refractivity contribution in [3.8, 4) is 11.1 Å². The number of benzene rings is 1. The van der Waals surface area contributed by atoms with Gasteiger partial charge in [0.15, 0.2) is 0 Å². The van der Waals surface area contributed by atoms with Crippen LogP contribution in [0.1, 0.15) is 11.1 Å². The highest BCUT2D eigenvalue weighted by atomic mass is 19.4. The van der Waals surface area contributed by atoms with Gasteiger partial charge in [0.2, 0.25) is 0 Å². The van der Waals surface area contributed by atoms with E-state index < -0.39 is 24.1 Å². The Bertz CT molecular complexity index is 624. The first kappa shape index (κ1) is 14.0. The van der Waals surface area contributed by atoms with Gasteiger partial charge in [-0.15, -0.1) is 0 Å². The molecule has 0 saturated heterocycles. The Kier molecular flexibility index (Phi) is 3.74. The van der Waals surface area contributed by atoms with Gasteiger partial charge in [0.05, 0.1) is 12.0 Å². The fraction of sp³-hybridized carbons (Fsp3) is 0.143. The number of rotatable bonds is 3. The van der Waals surface area contributed by atoms with E-state index in [1.54, 1.807) is 12.1 Å². The first-order valence-electron chi connectivity index (χ1n) is 5.70. The topological polar surface area (TPSA) is 50.2 Å². The molecule has 104 valence electrons. The summed E-state index contributed by atoms with van der Waals surface area (Å²) in [4.78, 5) is 14.7. The molecule has 0 bridgehead atoms. The Morgan fingerprint density at radius 3 is 2.55 bits per heavy atom. The molecule has 6 heteroatoms. The molecule has 0 fully saturated rings. The van der Waals surface area contributed by atoms with Crippen molar-refractivity contribution >= 4 is 5.97 Å². The molecule has 3 nitrogen and oxygen atoms in total. The summed E-state index contributed by atoms with van der Waals surface area (Å²) in [6.07, 6.45) is -1.97. The van der Waals surface area contributed by atoms with Crippen molar-refractivity contribution in [1.29, 1.82) is 0 Å². The minimum absolute atomic E-state index is 0.111. The second-order valence-electron chi connectivity index (χ2n) is 4.18. The molecule has 0 aliphatic carbocycles. The highest BCUT2D eigenvalue weighted by Gasteiger charge is 2.31. The Hall–Kier alpha value is -2.37. The lowest BCUT2D eigenvalue weighted by Crippen LogP contribution is -2.08. The summed E-state index contributed by atoms with van der Waals surface area (Å²) in [5.41, 5.74) is 0.271. The maximum absolute atomic E-state index is 12.7. The summed E-state index contributed by atoms with van der Waals surface area (Å²) in [5, 5.41) is 8.84. The van der Waals surface area contributed by atoms with E-state index in [1.807, 2.05) is 0 Å². The molecular weight excluding hydrogens is 271 g/mol. The number of hydrogen-bond acceptors (Lipinski definition) is 2. The van der Waals surface area contributed by atoms with E-state index in [2.05, 4.69) is 4.98 Å². The Balaban J connectivity index is 2.54. The number of alkyl halides is 3. The second-order valence-corrected chi connectivity index (χ2v) is 4.18. The van der Waals surface area contributed by atoms with Crippen LogP contribution in [0.3, 0.4) is 0 Å². The van der Waals surface area contributed by atoms with Crippen molar-refractivity contribution in [1.82, 2.24) is 4.98 Å². The van der Waals surface area contributed by atoms with Crippen LogP contribution in [0.2, 0.25) is 0 Å². The molecule has 0 atom stereocenters. The van der Waals surface area contributed by atoms with E-state index in [4.69, 9.17) is 5.11 Å². The quantitative estimate of drug-likeness (QED) is 0.938. The van der Waals surface area contributed by atoms with Crippen molar-refractivity contribution in [2.75, 3.05) is 0 Å². The normalized spacial score (nSPS) is 11.3. The van der Waals surface area contributed by atoms with Crippen LogP contribution in [-0.4, -0.2) is 16.1 Å². The molecule has 2 aromatic rings. The van der Waals surface area contributed by atoms with E-state index in [1.165, 1.54) is 18.5 Å². The molecule has 0 amide bonds. The fourth-order valence-corrected chi connectivity index (χ4v) is 1.88. The summed E-state index contributed by atoms with van der Waals surface area (Å²) in [7, 11) is 0. The summed E-state index contributed by atoms with van der Waals surface area (Å²) >= 11 is 0. The first-order chi connectivity index (χ1) is 9.38. The van der Waals surface area contributed by atoms with E-state index in [9.17, 15) is 18.0 Å². The number of hydrogen-bond donors (Lipinski definition) is 1. The van der Waals surface area contributed by atoms with Crippen molar-refractivity contribution in [3.63, 3.8) is 0 Å². The number of carbonyl (C=O) groups is 1. The smallest absolute Gasteiger partial charge is 0.416 e. The van der Waals surface area contributed by atoms with E-state index in [-0.39, 0.29) is 5.56 Å². The standard InChI is InChI=1S/C14H10F3NO2/c15-14(16,17)11-3-4-12(9-2-1-5-18-8-9)10(6-11)7-13(19)20/h1-6,8H,7H2,(H,19,20). The van der Waals surface area contributed by atoms with Gasteiger partial charge in [-0.1, -0.05) is 12.1 Å². The molecule has 1 aromatic carbocycles. The molecule has 1 aromatic heterocycles. The van der Waals surface area contributed by atoms with Crippen LogP contribution in [0.25, 0.3) is 11.1 Å². The summed E-state index contributed by atoms with van der Waals surface area (Å²) < 4.78 is 38.0. The third kappa shape index (κ3) is 3.14. The molecule has 2 rings (SSSR count). The van der Waals surface area contributed by atoms with Crippen LogP contribution in [0.15, 0.2) is 42.7 Å². The SMILES string of the molecule is O=C(O)Cc1cc(C(F)(F)F)ccc1-c1cccnc1. The van der Waals surface area contributed by atoms with Crippen LogP contribution in [0, 0.1) is 0 Å². The molecule has 0 aliphatic rings. The average molecular weight is 281 g/mol. The lowest BCUT2D eigenvalue weighted by Gasteiger charge is -2.12. The van der Waals surface area contributed by atoms with Crippen LogP contribution in [-0.2, 0) is 17.4 Å². The molecule has 0 radical (unpaired) electrons. The van der Waals surface area contributed by atoms with Crippen molar-refractivity contribution < 1.29 is 23.1 Å². The highest BCUT2D eigenvalue weighted by Crippen LogP contribution is 2.33. The predicted molar refractivity (Wildman–Crippen MR) is 66.0 cm³/mol. The molecule has 20 heavy (non-hydrogen) atoms. The predicted octanol–water partition coefficient (Wildman–Crippen LogP) is 3.39. The maximum atomic E-state index is 12.7. The van der Waals surface area contributed by atoms with E-state index in [0.29, 0.717) is 11.1 Å².